The number of rotatable bonds is 6. The molecule has 0 saturated carbocycles. The van der Waals surface area contributed by atoms with Crippen molar-refractivity contribution in [2.24, 2.45) is 5.41 Å². The summed E-state index contributed by atoms with van der Waals surface area (Å²) in [6.45, 7) is 15.9. The molecule has 0 saturated heterocycles. The van der Waals surface area contributed by atoms with Crippen LogP contribution in [0.4, 0.5) is 0 Å². The molecule has 2 N–H and O–H groups in total. The van der Waals surface area contributed by atoms with E-state index in [2.05, 4.69) is 0 Å². The Morgan fingerprint density at radius 1 is 1.00 bits per heavy atom. The Morgan fingerprint density at radius 3 is 1.58 bits per heavy atom. The molecule has 0 aromatic carbocycles. The van der Waals surface area contributed by atoms with Crippen LogP contribution in [-0.2, 0) is 9.05 Å². The maximum atomic E-state index is 10.8. The van der Waals surface area contributed by atoms with Crippen LogP contribution in [0.25, 0.3) is 0 Å². The Balaban J connectivity index is 5.56. The van der Waals surface area contributed by atoms with Crippen molar-refractivity contribution in [1.29, 1.82) is 0 Å². The monoisotopic (exact) mass is 297 g/mol. The molecule has 0 spiro atoms. The summed E-state index contributed by atoms with van der Waals surface area (Å²) in [7, 11) is -3.51. The SMILES string of the molecule is CCO[PH](O)(OCC)C(N(O)C(C)(C)C)C(C)(C)C. The molecule has 6 heteroatoms. The van der Waals surface area contributed by atoms with Gasteiger partial charge in [-0.15, -0.1) is 0 Å². The number of hydroxylamine groups is 2. The fraction of sp³-hybridized carbons (Fsp3) is 1.00. The van der Waals surface area contributed by atoms with Crippen molar-refractivity contribution in [3.63, 3.8) is 0 Å². The van der Waals surface area contributed by atoms with Crippen LogP contribution in [0, 0.1) is 5.41 Å². The van der Waals surface area contributed by atoms with Gasteiger partial charge >= 0.3 is 117 Å². The van der Waals surface area contributed by atoms with Crippen LogP contribution in [0.1, 0.15) is 55.4 Å². The first kappa shape index (κ1) is 19.2. The Morgan fingerprint density at radius 2 is 1.37 bits per heavy atom. The van der Waals surface area contributed by atoms with E-state index in [1.165, 1.54) is 5.06 Å². The third-order valence-electron chi connectivity index (χ3n) is 2.80. The average Bonchev–Trinajstić information content (AvgIpc) is 2.13. The summed E-state index contributed by atoms with van der Waals surface area (Å²) in [6, 6.07) is 0. The molecule has 0 amide bonds. The van der Waals surface area contributed by atoms with E-state index >= 15 is 0 Å². The number of hydrogen-bond donors (Lipinski definition) is 2. The van der Waals surface area contributed by atoms with E-state index in [9.17, 15) is 10.1 Å². The molecule has 0 aliphatic rings. The standard InChI is InChI=1S/C13H32NO4P/c1-9-17-19(16,18-10-2)11(12(3,4)5)14(15)13(6,7)8/h11,15-16,19H,9-10H2,1-8H3. The molecule has 0 aliphatic heterocycles. The van der Waals surface area contributed by atoms with E-state index in [1.807, 2.05) is 55.4 Å². The van der Waals surface area contributed by atoms with E-state index in [0.29, 0.717) is 13.2 Å². The van der Waals surface area contributed by atoms with Crippen LogP contribution >= 0.6 is 7.94 Å². The van der Waals surface area contributed by atoms with Crippen LogP contribution in [0.3, 0.4) is 0 Å². The first-order valence-corrected chi connectivity index (χ1v) is 8.72. The van der Waals surface area contributed by atoms with Gasteiger partial charge < -0.3 is 0 Å². The minimum absolute atomic E-state index is 0.354. The third-order valence-corrected chi connectivity index (χ3v) is 6.01. The number of hydrogen-bond acceptors (Lipinski definition) is 5. The van der Waals surface area contributed by atoms with Crippen molar-refractivity contribution in [3.05, 3.63) is 0 Å². The van der Waals surface area contributed by atoms with Crippen LogP contribution in [0.2, 0.25) is 0 Å². The molecule has 1 atom stereocenters. The van der Waals surface area contributed by atoms with Crippen LogP contribution in [0.15, 0.2) is 0 Å². The first-order valence-electron chi connectivity index (χ1n) is 6.88. The molecule has 0 rings (SSSR count). The topological polar surface area (TPSA) is 62.2 Å². The Labute approximate surface area is 118 Å². The van der Waals surface area contributed by atoms with Crippen molar-refractivity contribution in [2.45, 2.75) is 66.7 Å². The van der Waals surface area contributed by atoms with Crippen molar-refractivity contribution in [2.75, 3.05) is 13.2 Å². The average molecular weight is 297 g/mol. The summed E-state index contributed by atoms with van der Waals surface area (Å²) in [4.78, 5) is 10.8. The van der Waals surface area contributed by atoms with Crippen molar-refractivity contribution >= 4 is 7.94 Å². The molecule has 0 aromatic heterocycles. The fourth-order valence-electron chi connectivity index (χ4n) is 2.07. The van der Waals surface area contributed by atoms with E-state index in [-0.39, 0.29) is 5.41 Å². The molecule has 0 heterocycles. The third kappa shape index (κ3) is 5.25. The second kappa shape index (κ2) is 6.79. The van der Waals surface area contributed by atoms with Gasteiger partial charge in [0.2, 0.25) is 0 Å². The van der Waals surface area contributed by atoms with Crippen LogP contribution < -0.4 is 0 Å². The molecule has 19 heavy (non-hydrogen) atoms. The molecule has 1 unspecified atom stereocenters. The molecular weight excluding hydrogens is 265 g/mol. The van der Waals surface area contributed by atoms with Gasteiger partial charge in [-0.25, -0.2) is 0 Å². The predicted octanol–water partition coefficient (Wildman–Crippen LogP) is 3.41. The van der Waals surface area contributed by atoms with Gasteiger partial charge in [-0.2, -0.15) is 0 Å². The summed E-state index contributed by atoms with van der Waals surface area (Å²) in [5.74, 6) is -0.583. The molecule has 0 aliphatic carbocycles. The summed E-state index contributed by atoms with van der Waals surface area (Å²) < 4.78 is 11.1. The Hall–Kier alpha value is 0.230. The summed E-state index contributed by atoms with van der Waals surface area (Å²) >= 11 is 0. The van der Waals surface area contributed by atoms with Crippen LogP contribution in [0.5, 0.6) is 0 Å². The first-order chi connectivity index (χ1) is 8.40. The summed E-state index contributed by atoms with van der Waals surface area (Å²) in [5, 5.41) is 11.7. The maximum absolute atomic E-state index is 10.8. The van der Waals surface area contributed by atoms with Crippen LogP contribution in [-0.4, -0.2) is 39.7 Å². The van der Waals surface area contributed by atoms with E-state index in [4.69, 9.17) is 9.05 Å². The minimum atomic E-state index is -3.51. The normalized spacial score (nSPS) is 16.8. The quantitative estimate of drug-likeness (QED) is 0.581. The van der Waals surface area contributed by atoms with Crippen molar-refractivity contribution in [1.82, 2.24) is 5.06 Å². The molecule has 5 nitrogen and oxygen atoms in total. The molecule has 118 valence electrons. The van der Waals surface area contributed by atoms with Gasteiger partial charge in [0.15, 0.2) is 0 Å². The van der Waals surface area contributed by atoms with Gasteiger partial charge in [0.1, 0.15) is 0 Å². The van der Waals surface area contributed by atoms with E-state index < -0.39 is 19.3 Å². The Kier molecular flexibility index (Phi) is 6.87. The Bertz CT molecular complexity index is 267. The van der Waals surface area contributed by atoms with Gasteiger partial charge in [-0.05, 0) is 0 Å². The molecule has 0 radical (unpaired) electrons. The molecule has 0 bridgehead atoms. The van der Waals surface area contributed by atoms with Gasteiger partial charge in [-0.1, -0.05) is 0 Å². The van der Waals surface area contributed by atoms with Gasteiger partial charge in [0.05, 0.1) is 0 Å². The van der Waals surface area contributed by atoms with E-state index in [1.54, 1.807) is 0 Å². The summed E-state index contributed by atoms with van der Waals surface area (Å²) in [5.41, 5.74) is -0.888. The zero-order valence-corrected chi connectivity index (χ0v) is 14.6. The van der Waals surface area contributed by atoms with Crippen molar-refractivity contribution in [3.8, 4) is 0 Å². The molecule has 0 fully saturated rings. The zero-order chi connectivity index (χ0) is 15.5. The molecule has 0 aromatic rings. The second-order valence-corrected chi connectivity index (χ2v) is 9.17. The summed E-state index contributed by atoms with van der Waals surface area (Å²) in [6.07, 6.45) is 0. The van der Waals surface area contributed by atoms with Gasteiger partial charge in [0, 0.05) is 0 Å². The zero-order valence-electron chi connectivity index (χ0n) is 13.6. The predicted molar refractivity (Wildman–Crippen MR) is 80.4 cm³/mol. The number of nitrogens with zero attached hydrogens (tertiary/aromatic N) is 1. The van der Waals surface area contributed by atoms with Gasteiger partial charge in [-0.3, -0.25) is 0 Å². The second-order valence-electron chi connectivity index (χ2n) is 6.78. The van der Waals surface area contributed by atoms with Gasteiger partial charge in [0.25, 0.3) is 0 Å². The fourth-order valence-corrected chi connectivity index (χ4v) is 5.09. The molecular formula is C13H32NO4P. The van der Waals surface area contributed by atoms with E-state index in [0.717, 1.165) is 0 Å². The van der Waals surface area contributed by atoms with Crippen molar-refractivity contribution < 1.29 is 19.1 Å².